The minimum absolute atomic E-state index is 0.382. The molecule has 1 saturated heterocycles. The Kier molecular flexibility index (Phi) is 3.55. The molecule has 0 unspecified atom stereocenters. The van der Waals surface area contributed by atoms with Crippen molar-refractivity contribution in [2.45, 2.75) is 32.2 Å². The number of aryl methyl sites for hydroxylation is 1. The lowest BCUT2D eigenvalue weighted by Gasteiger charge is -2.25. The van der Waals surface area contributed by atoms with Crippen LogP contribution in [-0.2, 0) is 6.54 Å². The van der Waals surface area contributed by atoms with Crippen LogP contribution in [0.3, 0.4) is 0 Å². The van der Waals surface area contributed by atoms with Gasteiger partial charge in [0.25, 0.3) is 12.1 Å². The Morgan fingerprint density at radius 1 is 1.40 bits per heavy atom. The average molecular weight is 211 g/mol. The van der Waals surface area contributed by atoms with E-state index in [2.05, 4.69) is 10.2 Å². The Balaban J connectivity index is 1.65. The van der Waals surface area contributed by atoms with Crippen LogP contribution in [-0.4, -0.2) is 29.8 Å². The van der Waals surface area contributed by atoms with Crippen LogP contribution < -0.4 is 10.4 Å². The maximum absolute atomic E-state index is 5.43. The molecule has 1 fully saturated rings. The smallest absolute Gasteiger partial charge is 0.293 e. The fourth-order valence-electron chi connectivity index (χ4n) is 2.04. The molecule has 2 rings (SSSR count). The highest BCUT2D eigenvalue weighted by atomic mass is 16.5. The first-order chi connectivity index (χ1) is 7.34. The topological polar surface area (TPSA) is 59.2 Å². The molecule has 0 bridgehead atoms. The monoisotopic (exact) mass is 211 g/mol. The second-order valence-corrected chi connectivity index (χ2v) is 4.12. The van der Waals surface area contributed by atoms with Gasteiger partial charge in [-0.15, -0.1) is 0 Å². The van der Waals surface area contributed by atoms with E-state index in [1.54, 1.807) is 10.9 Å². The number of aromatic nitrogens is 2. The van der Waals surface area contributed by atoms with Crippen molar-refractivity contribution in [1.29, 1.82) is 0 Å². The molecule has 1 aromatic rings. The Morgan fingerprint density at radius 3 is 2.87 bits per heavy atom. The lowest BCUT2D eigenvalue weighted by Crippen LogP contribution is -2.38. The molecule has 2 N–H and O–H groups in total. The van der Waals surface area contributed by atoms with E-state index in [0.717, 1.165) is 19.5 Å². The Bertz CT molecular complexity index is 293. The van der Waals surface area contributed by atoms with E-state index in [9.17, 15) is 0 Å². The number of rotatable bonds is 4. The van der Waals surface area contributed by atoms with Gasteiger partial charge in [-0.1, -0.05) is 11.1 Å². The summed E-state index contributed by atoms with van der Waals surface area (Å²) in [4.78, 5) is 2.52. The summed E-state index contributed by atoms with van der Waals surface area (Å²) in [6.45, 7) is 4.55. The molecule has 0 saturated carbocycles. The maximum Gasteiger partial charge on any atom is 0.293 e. The summed E-state index contributed by atoms with van der Waals surface area (Å²) in [5.74, 6) is 0.382. The van der Waals surface area contributed by atoms with Crippen molar-refractivity contribution in [3.05, 3.63) is 6.20 Å². The third-order valence-corrected chi connectivity index (χ3v) is 2.84. The maximum atomic E-state index is 5.43. The van der Waals surface area contributed by atoms with E-state index in [4.69, 9.17) is 10.3 Å². The first-order valence-corrected chi connectivity index (χ1v) is 5.69. The van der Waals surface area contributed by atoms with Crippen LogP contribution in [0.2, 0.25) is 0 Å². The van der Waals surface area contributed by atoms with Crippen molar-refractivity contribution in [3.8, 4) is 0 Å². The van der Waals surface area contributed by atoms with Gasteiger partial charge in [-0.25, -0.2) is 0 Å². The van der Waals surface area contributed by atoms with Crippen molar-refractivity contribution in [1.82, 2.24) is 10.2 Å². The van der Waals surface area contributed by atoms with Crippen molar-refractivity contribution in [2.24, 2.45) is 0 Å². The molecule has 0 atom stereocenters. The number of hydrogen-bond donors (Lipinski definition) is 1. The first kappa shape index (κ1) is 10.4. The third-order valence-electron chi connectivity index (χ3n) is 2.84. The number of anilines is 1. The lowest BCUT2D eigenvalue weighted by molar-refractivity contribution is -0.762. The molecule has 15 heavy (non-hydrogen) atoms. The van der Waals surface area contributed by atoms with Gasteiger partial charge in [-0.2, -0.15) is 0 Å². The molecular weight excluding hydrogens is 192 g/mol. The fraction of sp³-hybridized carbons (Fsp3) is 0.800. The zero-order valence-electron chi connectivity index (χ0n) is 9.06. The van der Waals surface area contributed by atoms with E-state index < -0.39 is 0 Å². The molecule has 1 aromatic heterocycles. The molecule has 0 spiro atoms. The third kappa shape index (κ3) is 3.20. The number of likely N-dealkylation sites (tertiary alicyclic amines) is 1. The van der Waals surface area contributed by atoms with Gasteiger partial charge < -0.3 is 10.6 Å². The van der Waals surface area contributed by atoms with Gasteiger partial charge in [-0.05, 0) is 25.9 Å². The van der Waals surface area contributed by atoms with Gasteiger partial charge >= 0.3 is 0 Å². The highest BCUT2D eigenvalue weighted by molar-refractivity contribution is 5.11. The van der Waals surface area contributed by atoms with Gasteiger partial charge in [0.05, 0.1) is 0 Å². The molecule has 84 valence electrons. The molecule has 0 radical (unpaired) electrons. The normalized spacial score (nSPS) is 18.1. The van der Waals surface area contributed by atoms with Gasteiger partial charge in [0.1, 0.15) is 0 Å². The van der Waals surface area contributed by atoms with Crippen LogP contribution in [0.5, 0.6) is 0 Å². The second-order valence-electron chi connectivity index (χ2n) is 4.12. The van der Waals surface area contributed by atoms with Crippen molar-refractivity contribution >= 4 is 5.88 Å². The number of piperidine rings is 1. The molecule has 1 aliphatic rings. The summed E-state index contributed by atoms with van der Waals surface area (Å²) in [7, 11) is 0. The number of nitrogen functional groups attached to an aromatic ring is 1. The van der Waals surface area contributed by atoms with Crippen LogP contribution in [0.15, 0.2) is 10.7 Å². The second kappa shape index (κ2) is 5.11. The summed E-state index contributed by atoms with van der Waals surface area (Å²) in [6, 6.07) is 0. The zero-order chi connectivity index (χ0) is 10.5. The van der Waals surface area contributed by atoms with Crippen molar-refractivity contribution < 1.29 is 9.20 Å². The molecule has 1 aliphatic heterocycles. The average Bonchev–Trinajstić information content (AvgIpc) is 2.66. The van der Waals surface area contributed by atoms with Crippen molar-refractivity contribution in [2.75, 3.05) is 25.4 Å². The SMILES string of the molecule is Nc1c[n+](CCCN2CCCCC2)no1. The van der Waals surface area contributed by atoms with E-state index in [-0.39, 0.29) is 0 Å². The first-order valence-electron chi connectivity index (χ1n) is 5.69. The zero-order valence-corrected chi connectivity index (χ0v) is 9.06. The lowest BCUT2D eigenvalue weighted by atomic mass is 10.1. The van der Waals surface area contributed by atoms with E-state index >= 15 is 0 Å². The summed E-state index contributed by atoms with van der Waals surface area (Å²) < 4.78 is 6.55. The minimum Gasteiger partial charge on any atom is -0.362 e. The molecule has 2 heterocycles. The fourth-order valence-corrected chi connectivity index (χ4v) is 2.04. The summed E-state index contributed by atoms with van der Waals surface area (Å²) in [5.41, 5.74) is 5.43. The van der Waals surface area contributed by atoms with Crippen molar-refractivity contribution in [3.63, 3.8) is 0 Å². The number of hydrogen-bond acceptors (Lipinski definition) is 4. The standard InChI is InChI=1S/C10H19N4O/c11-10-9-14(12-15-10)8-4-7-13-5-2-1-3-6-13/h9H,1-8,11H2/q+1. The van der Waals surface area contributed by atoms with Gasteiger partial charge in [-0.3, -0.25) is 4.52 Å². The Labute approximate surface area is 89.8 Å². The molecule has 5 heteroatoms. The van der Waals surface area contributed by atoms with Crippen LogP contribution in [0.25, 0.3) is 0 Å². The Hall–Kier alpha value is -1.10. The number of nitrogens with zero attached hydrogens (tertiary/aromatic N) is 3. The molecule has 0 aliphatic carbocycles. The highest BCUT2D eigenvalue weighted by Crippen LogP contribution is 2.08. The summed E-state index contributed by atoms with van der Waals surface area (Å²) >= 11 is 0. The summed E-state index contributed by atoms with van der Waals surface area (Å²) in [6.07, 6.45) is 6.94. The van der Waals surface area contributed by atoms with Gasteiger partial charge in [0.2, 0.25) is 5.27 Å². The van der Waals surface area contributed by atoms with E-state index in [0.29, 0.717) is 5.88 Å². The predicted molar refractivity (Wildman–Crippen MR) is 56.0 cm³/mol. The van der Waals surface area contributed by atoms with Gasteiger partial charge in [0, 0.05) is 13.0 Å². The minimum atomic E-state index is 0.382. The van der Waals surface area contributed by atoms with Crippen LogP contribution >= 0.6 is 0 Å². The van der Waals surface area contributed by atoms with E-state index in [1.807, 2.05) is 0 Å². The molecular formula is C10H19N4O+. The van der Waals surface area contributed by atoms with Crippen LogP contribution in [0.4, 0.5) is 5.88 Å². The largest absolute Gasteiger partial charge is 0.362 e. The van der Waals surface area contributed by atoms with Gasteiger partial charge in [0.15, 0.2) is 6.54 Å². The number of nitrogens with two attached hydrogens (primary N) is 1. The predicted octanol–water partition coefficient (Wildman–Crippen LogP) is 0.420. The molecule has 5 nitrogen and oxygen atoms in total. The quantitative estimate of drug-likeness (QED) is 0.733. The van der Waals surface area contributed by atoms with E-state index in [1.165, 1.54) is 32.4 Å². The van der Waals surface area contributed by atoms with Crippen LogP contribution in [0, 0.1) is 0 Å². The van der Waals surface area contributed by atoms with Crippen LogP contribution in [0.1, 0.15) is 25.7 Å². The summed E-state index contributed by atoms with van der Waals surface area (Å²) in [5, 5.41) is 3.80. The Morgan fingerprint density at radius 2 is 2.20 bits per heavy atom. The molecule has 0 amide bonds. The molecule has 0 aromatic carbocycles. The highest BCUT2D eigenvalue weighted by Gasteiger charge is 2.12.